The second-order valence-electron chi connectivity index (χ2n) is 3.39. The molecule has 2 heterocycles. The van der Waals surface area contributed by atoms with Crippen molar-refractivity contribution in [2.24, 2.45) is 0 Å². The van der Waals surface area contributed by atoms with Crippen LogP contribution in [0.3, 0.4) is 0 Å². The molecular formula is C11H12N2O2S. The third-order valence-corrected chi connectivity index (χ3v) is 3.12. The summed E-state index contributed by atoms with van der Waals surface area (Å²) in [5.41, 5.74) is 1.91. The number of fused-ring (bicyclic) bond motifs is 1. The number of carbonyl (C=O) groups is 1. The van der Waals surface area contributed by atoms with Crippen LogP contribution in [0.5, 0.6) is 0 Å². The topological polar surface area (TPSA) is 54.6 Å². The zero-order valence-electron chi connectivity index (χ0n) is 8.67. The lowest BCUT2D eigenvalue weighted by Gasteiger charge is -1.94. The molecule has 1 N–H and O–H groups in total. The lowest BCUT2D eigenvalue weighted by Crippen LogP contribution is -1.96. The number of nitrogens with zero attached hydrogens (tertiary/aromatic N) is 2. The number of hydrogen-bond acceptors (Lipinski definition) is 3. The lowest BCUT2D eigenvalue weighted by molar-refractivity contribution is -0.136. The van der Waals surface area contributed by atoms with Crippen LogP contribution in [0.4, 0.5) is 0 Å². The Bertz CT molecular complexity index is 462. The summed E-state index contributed by atoms with van der Waals surface area (Å²) in [5.74, 6) is 0.639. The van der Waals surface area contributed by atoms with Crippen molar-refractivity contribution >= 4 is 23.4 Å². The van der Waals surface area contributed by atoms with Gasteiger partial charge in [-0.1, -0.05) is 6.07 Å². The third-order valence-electron chi connectivity index (χ3n) is 2.12. The van der Waals surface area contributed by atoms with Crippen molar-refractivity contribution in [3.05, 3.63) is 36.3 Å². The van der Waals surface area contributed by atoms with Gasteiger partial charge in [-0.25, -0.2) is 4.98 Å². The van der Waals surface area contributed by atoms with Crippen LogP contribution in [0.25, 0.3) is 5.65 Å². The first-order valence-corrected chi connectivity index (χ1v) is 6.13. The molecule has 5 heteroatoms. The molecule has 0 saturated carbocycles. The fraction of sp³-hybridized carbons (Fsp3) is 0.273. The Balaban J connectivity index is 1.92. The van der Waals surface area contributed by atoms with Gasteiger partial charge in [0, 0.05) is 23.9 Å². The monoisotopic (exact) mass is 236 g/mol. The fourth-order valence-electron chi connectivity index (χ4n) is 1.39. The second kappa shape index (κ2) is 5.03. The van der Waals surface area contributed by atoms with E-state index in [1.807, 2.05) is 35.0 Å². The maximum atomic E-state index is 10.3. The maximum Gasteiger partial charge on any atom is 0.304 e. The van der Waals surface area contributed by atoms with E-state index in [-0.39, 0.29) is 6.42 Å². The van der Waals surface area contributed by atoms with Crippen LogP contribution < -0.4 is 0 Å². The molecule has 16 heavy (non-hydrogen) atoms. The molecular weight excluding hydrogens is 224 g/mol. The van der Waals surface area contributed by atoms with Crippen LogP contribution in [0.15, 0.2) is 30.6 Å². The quantitative estimate of drug-likeness (QED) is 0.807. The molecule has 0 radical (unpaired) electrons. The highest BCUT2D eigenvalue weighted by molar-refractivity contribution is 7.98. The van der Waals surface area contributed by atoms with Gasteiger partial charge in [-0.15, -0.1) is 0 Å². The predicted octanol–water partition coefficient (Wildman–Crippen LogP) is 2.04. The Hall–Kier alpha value is -1.49. The summed E-state index contributed by atoms with van der Waals surface area (Å²) in [5, 5.41) is 8.49. The number of rotatable bonds is 5. The summed E-state index contributed by atoms with van der Waals surface area (Å²) in [6.45, 7) is 0. The lowest BCUT2D eigenvalue weighted by atomic mass is 10.5. The highest BCUT2D eigenvalue weighted by Crippen LogP contribution is 2.13. The van der Waals surface area contributed by atoms with Gasteiger partial charge in [-0.05, 0) is 12.1 Å². The molecule has 0 aliphatic heterocycles. The second-order valence-corrected chi connectivity index (χ2v) is 4.50. The minimum Gasteiger partial charge on any atom is -0.481 e. The van der Waals surface area contributed by atoms with Crippen LogP contribution in [-0.4, -0.2) is 26.2 Å². The Morgan fingerprint density at radius 3 is 3.12 bits per heavy atom. The van der Waals surface area contributed by atoms with Gasteiger partial charge in [-0.3, -0.25) is 4.79 Å². The van der Waals surface area contributed by atoms with Gasteiger partial charge in [0.05, 0.1) is 12.1 Å². The highest BCUT2D eigenvalue weighted by Gasteiger charge is 2.02. The number of imidazole rings is 1. The van der Waals surface area contributed by atoms with E-state index in [0.29, 0.717) is 5.75 Å². The first-order valence-electron chi connectivity index (χ1n) is 4.98. The summed E-state index contributed by atoms with van der Waals surface area (Å²) in [6.07, 6.45) is 4.13. The standard InChI is InChI=1S/C11H12N2O2S/c14-11(15)4-6-16-8-9-7-13-5-2-1-3-10(13)12-9/h1-3,5,7H,4,6,8H2,(H,14,15). The zero-order chi connectivity index (χ0) is 11.4. The number of hydrogen-bond donors (Lipinski definition) is 1. The van der Waals surface area contributed by atoms with Gasteiger partial charge in [0.25, 0.3) is 0 Å². The van der Waals surface area contributed by atoms with Gasteiger partial charge >= 0.3 is 5.97 Å². The molecule has 0 aromatic carbocycles. The number of aromatic nitrogens is 2. The van der Waals surface area contributed by atoms with Crippen LogP contribution in [0, 0.1) is 0 Å². The van der Waals surface area contributed by atoms with Crippen molar-refractivity contribution in [3.63, 3.8) is 0 Å². The van der Waals surface area contributed by atoms with Crippen LogP contribution in [0.2, 0.25) is 0 Å². The van der Waals surface area contributed by atoms with E-state index in [0.717, 1.165) is 17.1 Å². The Morgan fingerprint density at radius 2 is 2.38 bits per heavy atom. The normalized spacial score (nSPS) is 10.8. The van der Waals surface area contributed by atoms with Crippen LogP contribution >= 0.6 is 11.8 Å². The SMILES string of the molecule is O=C(O)CCSCc1cn2ccccc2n1. The Kier molecular flexibility index (Phi) is 3.46. The van der Waals surface area contributed by atoms with Crippen molar-refractivity contribution in [2.75, 3.05) is 5.75 Å². The molecule has 0 fully saturated rings. The van der Waals surface area contributed by atoms with E-state index in [9.17, 15) is 4.79 Å². The number of aliphatic carboxylic acids is 1. The highest BCUT2D eigenvalue weighted by atomic mass is 32.2. The summed E-state index contributed by atoms with van der Waals surface area (Å²) < 4.78 is 1.97. The molecule has 2 rings (SSSR count). The smallest absolute Gasteiger partial charge is 0.304 e. The Morgan fingerprint density at radius 1 is 1.50 bits per heavy atom. The van der Waals surface area contributed by atoms with E-state index in [1.165, 1.54) is 0 Å². The summed E-state index contributed by atoms with van der Waals surface area (Å²) >= 11 is 1.59. The van der Waals surface area contributed by atoms with Gasteiger partial charge in [-0.2, -0.15) is 11.8 Å². The fourth-order valence-corrected chi connectivity index (χ4v) is 2.20. The van der Waals surface area contributed by atoms with Gasteiger partial charge in [0.15, 0.2) is 0 Å². The minimum atomic E-state index is -0.748. The largest absolute Gasteiger partial charge is 0.481 e. The van der Waals surface area contributed by atoms with Crippen molar-refractivity contribution in [3.8, 4) is 0 Å². The zero-order valence-corrected chi connectivity index (χ0v) is 9.48. The van der Waals surface area contributed by atoms with E-state index in [1.54, 1.807) is 11.8 Å². The number of pyridine rings is 1. The third kappa shape index (κ3) is 2.76. The van der Waals surface area contributed by atoms with E-state index in [4.69, 9.17) is 5.11 Å². The maximum absolute atomic E-state index is 10.3. The van der Waals surface area contributed by atoms with E-state index in [2.05, 4.69) is 4.98 Å². The molecule has 0 amide bonds. The average Bonchev–Trinajstić information content (AvgIpc) is 2.66. The molecule has 84 valence electrons. The molecule has 2 aromatic rings. The number of thioether (sulfide) groups is 1. The molecule has 0 atom stereocenters. The first kappa shape index (κ1) is 11.0. The van der Waals surface area contributed by atoms with Crippen LogP contribution in [0.1, 0.15) is 12.1 Å². The van der Waals surface area contributed by atoms with Gasteiger partial charge in [0.1, 0.15) is 5.65 Å². The predicted molar refractivity (Wildman–Crippen MR) is 63.6 cm³/mol. The molecule has 0 bridgehead atoms. The van der Waals surface area contributed by atoms with Crippen molar-refractivity contribution in [1.29, 1.82) is 0 Å². The average molecular weight is 236 g/mol. The summed E-state index contributed by atoms with van der Waals surface area (Å²) in [6, 6.07) is 5.85. The van der Waals surface area contributed by atoms with Gasteiger partial charge in [0.2, 0.25) is 0 Å². The molecule has 0 saturated heterocycles. The molecule has 0 aliphatic carbocycles. The van der Waals surface area contributed by atoms with E-state index < -0.39 is 5.97 Å². The molecule has 0 aliphatic rings. The summed E-state index contributed by atoms with van der Waals surface area (Å²) in [7, 11) is 0. The number of carboxylic acid groups (broad SMARTS) is 1. The van der Waals surface area contributed by atoms with Crippen LogP contribution in [-0.2, 0) is 10.5 Å². The summed E-state index contributed by atoms with van der Waals surface area (Å²) in [4.78, 5) is 14.7. The minimum absolute atomic E-state index is 0.206. The molecule has 2 aromatic heterocycles. The molecule has 0 spiro atoms. The first-order chi connectivity index (χ1) is 7.75. The molecule has 4 nitrogen and oxygen atoms in total. The molecule has 0 unspecified atom stereocenters. The number of carboxylic acids is 1. The Labute approximate surface area is 97.3 Å². The van der Waals surface area contributed by atoms with Gasteiger partial charge < -0.3 is 9.51 Å². The van der Waals surface area contributed by atoms with Crippen molar-refractivity contribution in [2.45, 2.75) is 12.2 Å². The van der Waals surface area contributed by atoms with Crippen molar-refractivity contribution < 1.29 is 9.90 Å². The van der Waals surface area contributed by atoms with E-state index >= 15 is 0 Å². The van der Waals surface area contributed by atoms with Crippen molar-refractivity contribution in [1.82, 2.24) is 9.38 Å².